The van der Waals surface area contributed by atoms with Crippen molar-refractivity contribution in [3.8, 4) is 0 Å². The van der Waals surface area contributed by atoms with Gasteiger partial charge in [0.05, 0.1) is 10.9 Å². The summed E-state index contributed by atoms with van der Waals surface area (Å²) < 4.78 is 28.0. The van der Waals surface area contributed by atoms with Gasteiger partial charge in [-0.3, -0.25) is 0 Å². The van der Waals surface area contributed by atoms with Crippen molar-refractivity contribution in [3.63, 3.8) is 0 Å². The summed E-state index contributed by atoms with van der Waals surface area (Å²) >= 11 is 0. The zero-order valence-corrected chi connectivity index (χ0v) is 13.6. The zero-order chi connectivity index (χ0) is 15.7. The highest BCUT2D eigenvalue weighted by atomic mass is 32.2. The SMILES string of the molecule is Cc1ccc(S(=O)(=O)NC2CCN(C)c3ccccc32)cc1. The van der Waals surface area contributed by atoms with Crippen LogP contribution in [-0.2, 0) is 10.0 Å². The molecular formula is C17H20N2O2S. The van der Waals surface area contributed by atoms with Gasteiger partial charge in [0.1, 0.15) is 0 Å². The summed E-state index contributed by atoms with van der Waals surface area (Å²) in [7, 11) is -1.47. The Bertz CT molecular complexity index is 770. The molecule has 0 spiro atoms. The quantitative estimate of drug-likeness (QED) is 0.947. The maximum absolute atomic E-state index is 12.6. The third-order valence-electron chi connectivity index (χ3n) is 4.11. The summed E-state index contributed by atoms with van der Waals surface area (Å²) in [4.78, 5) is 2.47. The minimum atomic E-state index is -3.51. The number of benzene rings is 2. The number of aryl methyl sites for hydroxylation is 1. The number of rotatable bonds is 3. The number of fused-ring (bicyclic) bond motifs is 1. The lowest BCUT2D eigenvalue weighted by Gasteiger charge is -2.33. The molecule has 0 amide bonds. The maximum atomic E-state index is 12.6. The molecule has 1 aliphatic rings. The Morgan fingerprint density at radius 1 is 1.09 bits per heavy atom. The van der Waals surface area contributed by atoms with E-state index in [0.717, 1.165) is 29.8 Å². The number of sulfonamides is 1. The second-order valence-corrected chi connectivity index (χ2v) is 7.47. The molecule has 5 heteroatoms. The van der Waals surface area contributed by atoms with Crippen molar-refractivity contribution in [3.05, 3.63) is 59.7 Å². The molecule has 0 bridgehead atoms. The summed E-state index contributed by atoms with van der Waals surface area (Å²) in [6, 6.07) is 14.7. The van der Waals surface area contributed by atoms with Crippen LogP contribution in [0.5, 0.6) is 0 Å². The van der Waals surface area contributed by atoms with Crippen LogP contribution >= 0.6 is 0 Å². The lowest BCUT2D eigenvalue weighted by molar-refractivity contribution is 0.529. The highest BCUT2D eigenvalue weighted by molar-refractivity contribution is 7.89. The fourth-order valence-electron chi connectivity index (χ4n) is 2.82. The van der Waals surface area contributed by atoms with Gasteiger partial charge in [-0.2, -0.15) is 0 Å². The molecule has 1 unspecified atom stereocenters. The van der Waals surface area contributed by atoms with E-state index in [0.29, 0.717) is 4.90 Å². The Hall–Kier alpha value is -1.85. The Morgan fingerprint density at radius 2 is 1.77 bits per heavy atom. The van der Waals surface area contributed by atoms with E-state index in [-0.39, 0.29) is 6.04 Å². The highest BCUT2D eigenvalue weighted by Crippen LogP contribution is 2.33. The zero-order valence-electron chi connectivity index (χ0n) is 12.8. The number of para-hydroxylation sites is 1. The molecule has 1 heterocycles. The Kier molecular flexibility index (Phi) is 3.93. The largest absolute Gasteiger partial charge is 0.374 e. The number of anilines is 1. The van der Waals surface area contributed by atoms with Crippen molar-refractivity contribution in [2.24, 2.45) is 0 Å². The van der Waals surface area contributed by atoms with Crippen LogP contribution in [0.15, 0.2) is 53.4 Å². The number of nitrogens with zero attached hydrogens (tertiary/aromatic N) is 1. The summed E-state index contributed by atoms with van der Waals surface area (Å²) in [5.41, 5.74) is 3.17. The molecule has 0 aromatic heterocycles. The van der Waals surface area contributed by atoms with Crippen LogP contribution < -0.4 is 9.62 Å². The van der Waals surface area contributed by atoms with Gasteiger partial charge in [-0.15, -0.1) is 0 Å². The molecule has 1 N–H and O–H groups in total. The van der Waals surface area contributed by atoms with Crippen molar-refractivity contribution in [2.75, 3.05) is 18.5 Å². The lowest BCUT2D eigenvalue weighted by Crippen LogP contribution is -2.36. The van der Waals surface area contributed by atoms with Crippen LogP contribution in [0.4, 0.5) is 5.69 Å². The van der Waals surface area contributed by atoms with E-state index in [1.54, 1.807) is 12.1 Å². The molecule has 0 saturated heterocycles. The van der Waals surface area contributed by atoms with Crippen LogP contribution in [0.25, 0.3) is 0 Å². The predicted octanol–water partition coefficient (Wildman–Crippen LogP) is 2.85. The normalized spacial score (nSPS) is 18.1. The van der Waals surface area contributed by atoms with Crippen molar-refractivity contribution >= 4 is 15.7 Å². The first-order chi connectivity index (χ1) is 10.5. The smallest absolute Gasteiger partial charge is 0.241 e. The van der Waals surface area contributed by atoms with Crippen LogP contribution in [0.1, 0.15) is 23.6 Å². The molecule has 0 saturated carbocycles. The molecule has 3 rings (SSSR count). The second kappa shape index (κ2) is 5.74. The minimum Gasteiger partial charge on any atom is -0.374 e. The summed E-state index contributed by atoms with van der Waals surface area (Å²) in [6.07, 6.45) is 0.763. The van der Waals surface area contributed by atoms with E-state index in [4.69, 9.17) is 0 Å². The average molecular weight is 316 g/mol. The highest BCUT2D eigenvalue weighted by Gasteiger charge is 2.27. The molecule has 116 valence electrons. The monoisotopic (exact) mass is 316 g/mol. The van der Waals surface area contributed by atoms with Gasteiger partial charge >= 0.3 is 0 Å². The van der Waals surface area contributed by atoms with Gasteiger partial charge in [0.2, 0.25) is 10.0 Å². The molecule has 2 aromatic rings. The van der Waals surface area contributed by atoms with Gasteiger partial charge in [-0.05, 0) is 37.1 Å². The summed E-state index contributed by atoms with van der Waals surface area (Å²) in [5.74, 6) is 0. The molecule has 22 heavy (non-hydrogen) atoms. The first-order valence-electron chi connectivity index (χ1n) is 7.36. The van der Waals surface area contributed by atoms with E-state index < -0.39 is 10.0 Å². The van der Waals surface area contributed by atoms with Crippen molar-refractivity contribution < 1.29 is 8.42 Å². The number of hydrogen-bond donors (Lipinski definition) is 1. The van der Waals surface area contributed by atoms with E-state index >= 15 is 0 Å². The van der Waals surface area contributed by atoms with E-state index in [2.05, 4.69) is 9.62 Å². The van der Waals surface area contributed by atoms with Crippen molar-refractivity contribution in [1.29, 1.82) is 0 Å². The molecular weight excluding hydrogens is 296 g/mol. The van der Waals surface area contributed by atoms with Crippen LogP contribution in [-0.4, -0.2) is 22.0 Å². The van der Waals surface area contributed by atoms with Crippen molar-refractivity contribution in [1.82, 2.24) is 4.72 Å². The second-order valence-electron chi connectivity index (χ2n) is 5.76. The van der Waals surface area contributed by atoms with Crippen LogP contribution in [0.2, 0.25) is 0 Å². The van der Waals surface area contributed by atoms with E-state index in [1.807, 2.05) is 50.4 Å². The molecule has 1 aliphatic heterocycles. The fraction of sp³-hybridized carbons (Fsp3) is 0.294. The average Bonchev–Trinajstić information content (AvgIpc) is 2.51. The van der Waals surface area contributed by atoms with Gasteiger partial charge in [-0.25, -0.2) is 13.1 Å². The Morgan fingerprint density at radius 3 is 2.50 bits per heavy atom. The van der Waals surface area contributed by atoms with Gasteiger partial charge in [0.15, 0.2) is 0 Å². The van der Waals surface area contributed by atoms with Gasteiger partial charge in [0.25, 0.3) is 0 Å². The van der Waals surface area contributed by atoms with Crippen LogP contribution in [0, 0.1) is 6.92 Å². The van der Waals surface area contributed by atoms with Crippen LogP contribution in [0.3, 0.4) is 0 Å². The number of hydrogen-bond acceptors (Lipinski definition) is 3. The van der Waals surface area contributed by atoms with Gasteiger partial charge in [0, 0.05) is 19.3 Å². The van der Waals surface area contributed by atoms with E-state index in [9.17, 15) is 8.42 Å². The molecule has 0 fully saturated rings. The molecule has 0 radical (unpaired) electrons. The van der Waals surface area contributed by atoms with E-state index in [1.165, 1.54) is 0 Å². The topological polar surface area (TPSA) is 49.4 Å². The predicted molar refractivity (Wildman–Crippen MR) is 88.6 cm³/mol. The molecule has 2 aromatic carbocycles. The van der Waals surface area contributed by atoms with Gasteiger partial charge < -0.3 is 4.90 Å². The lowest BCUT2D eigenvalue weighted by atomic mass is 9.98. The summed E-state index contributed by atoms with van der Waals surface area (Å²) in [6.45, 7) is 2.77. The standard InChI is InChI=1S/C17H20N2O2S/c1-13-7-9-14(10-8-13)22(20,21)18-16-11-12-19(2)17-6-4-3-5-15(16)17/h3-10,16,18H,11-12H2,1-2H3. The van der Waals surface area contributed by atoms with Gasteiger partial charge in [-0.1, -0.05) is 35.9 Å². The minimum absolute atomic E-state index is 0.182. The third-order valence-corrected chi connectivity index (χ3v) is 5.59. The Balaban J connectivity index is 1.90. The first kappa shape index (κ1) is 15.1. The first-order valence-corrected chi connectivity index (χ1v) is 8.85. The molecule has 0 aliphatic carbocycles. The number of nitrogens with one attached hydrogen (secondary N) is 1. The molecule has 4 nitrogen and oxygen atoms in total. The van der Waals surface area contributed by atoms with Crippen molar-refractivity contribution in [2.45, 2.75) is 24.3 Å². The Labute approximate surface area is 131 Å². The fourth-order valence-corrected chi connectivity index (χ4v) is 4.07. The maximum Gasteiger partial charge on any atom is 0.241 e. The third kappa shape index (κ3) is 2.87. The molecule has 1 atom stereocenters. The summed E-state index contributed by atoms with van der Waals surface area (Å²) in [5, 5.41) is 0.